The van der Waals surface area contributed by atoms with Gasteiger partial charge < -0.3 is 9.84 Å². The van der Waals surface area contributed by atoms with Gasteiger partial charge >= 0.3 is 12.1 Å². The van der Waals surface area contributed by atoms with Crippen molar-refractivity contribution in [3.8, 4) is 11.4 Å². The maximum absolute atomic E-state index is 12.9. The van der Waals surface area contributed by atoms with Gasteiger partial charge in [-0.3, -0.25) is 0 Å². The zero-order valence-electron chi connectivity index (χ0n) is 18.9. The van der Waals surface area contributed by atoms with E-state index in [-0.39, 0.29) is 6.61 Å². The number of fused-ring (bicyclic) bond motifs is 1. The van der Waals surface area contributed by atoms with Crippen molar-refractivity contribution in [1.82, 2.24) is 9.78 Å². The van der Waals surface area contributed by atoms with Crippen LogP contribution in [0.4, 0.5) is 13.2 Å². The summed E-state index contributed by atoms with van der Waals surface area (Å²) >= 11 is 1.68. The van der Waals surface area contributed by atoms with Gasteiger partial charge in [-0.25, -0.2) is 9.48 Å². The van der Waals surface area contributed by atoms with Crippen molar-refractivity contribution < 1.29 is 27.8 Å². The molecule has 3 aromatic carbocycles. The number of thioether (sulfide) groups is 1. The summed E-state index contributed by atoms with van der Waals surface area (Å²) in [5, 5.41) is 14.4. The minimum atomic E-state index is -4.37. The summed E-state index contributed by atoms with van der Waals surface area (Å²) < 4.78 is 45.5. The molecule has 0 aliphatic rings. The van der Waals surface area contributed by atoms with Crippen LogP contribution in [0.2, 0.25) is 0 Å². The summed E-state index contributed by atoms with van der Waals surface area (Å²) in [4.78, 5) is 11.8. The zero-order chi connectivity index (χ0) is 25.0. The molecule has 0 aliphatic carbocycles. The van der Waals surface area contributed by atoms with E-state index in [0.717, 1.165) is 57.7 Å². The minimum absolute atomic E-state index is 0.372. The van der Waals surface area contributed by atoms with E-state index in [0.29, 0.717) is 11.4 Å². The van der Waals surface area contributed by atoms with Crippen molar-refractivity contribution in [2.75, 3.05) is 12.4 Å². The van der Waals surface area contributed by atoms with Gasteiger partial charge in [0.2, 0.25) is 0 Å². The number of aliphatic carboxylic acids is 1. The lowest BCUT2D eigenvalue weighted by Crippen LogP contribution is -2.10. The first kappa shape index (κ1) is 24.7. The largest absolute Gasteiger partial charge is 0.482 e. The van der Waals surface area contributed by atoms with E-state index in [2.05, 4.69) is 5.10 Å². The average molecular weight is 501 g/mol. The Morgan fingerprint density at radius 3 is 2.54 bits per heavy atom. The molecular formula is C26H23F3N2O3S. The SMILES string of the molecule is CCc1cc(SCCc2cccc3cn(-c4ccc(C(F)(F)F)cc4)nc23)ccc1OCC(=O)O. The number of benzene rings is 3. The lowest BCUT2D eigenvalue weighted by Gasteiger charge is -2.11. The summed E-state index contributed by atoms with van der Waals surface area (Å²) in [6.45, 7) is 1.62. The van der Waals surface area contributed by atoms with Crippen molar-refractivity contribution in [1.29, 1.82) is 0 Å². The first-order valence-electron chi connectivity index (χ1n) is 11.0. The molecule has 4 aromatic rings. The molecule has 35 heavy (non-hydrogen) atoms. The van der Waals surface area contributed by atoms with E-state index < -0.39 is 17.7 Å². The summed E-state index contributed by atoms with van der Waals surface area (Å²) in [5.74, 6) is 0.364. The highest BCUT2D eigenvalue weighted by atomic mass is 32.2. The summed E-state index contributed by atoms with van der Waals surface area (Å²) in [6.07, 6.45) is -1.07. The number of nitrogens with zero attached hydrogens (tertiary/aromatic N) is 2. The highest BCUT2D eigenvalue weighted by Crippen LogP contribution is 2.31. The third-order valence-electron chi connectivity index (χ3n) is 5.48. The van der Waals surface area contributed by atoms with Gasteiger partial charge in [-0.15, -0.1) is 11.8 Å². The molecule has 0 fully saturated rings. The van der Waals surface area contributed by atoms with Crippen molar-refractivity contribution >= 4 is 28.6 Å². The Bertz CT molecular complexity index is 1330. The quantitative estimate of drug-likeness (QED) is 0.269. The fourth-order valence-electron chi connectivity index (χ4n) is 3.72. The summed E-state index contributed by atoms with van der Waals surface area (Å²) in [6, 6.07) is 16.6. The molecule has 0 spiro atoms. The molecule has 1 N–H and O–H groups in total. The van der Waals surface area contributed by atoms with Crippen LogP contribution < -0.4 is 4.74 Å². The van der Waals surface area contributed by atoms with E-state index in [1.807, 2.05) is 43.5 Å². The molecule has 5 nitrogen and oxygen atoms in total. The van der Waals surface area contributed by atoms with Crippen LogP contribution in [-0.2, 0) is 23.8 Å². The van der Waals surface area contributed by atoms with E-state index in [1.54, 1.807) is 22.5 Å². The lowest BCUT2D eigenvalue weighted by atomic mass is 10.1. The fraction of sp³-hybridized carbons (Fsp3) is 0.231. The van der Waals surface area contributed by atoms with E-state index in [4.69, 9.17) is 9.84 Å². The number of hydrogen-bond acceptors (Lipinski definition) is 4. The van der Waals surface area contributed by atoms with Crippen molar-refractivity contribution in [3.63, 3.8) is 0 Å². The number of carboxylic acid groups (broad SMARTS) is 1. The van der Waals surface area contributed by atoms with Crippen LogP contribution in [0.3, 0.4) is 0 Å². The Hall–Kier alpha value is -3.46. The molecule has 0 atom stereocenters. The Morgan fingerprint density at radius 2 is 1.86 bits per heavy atom. The van der Waals surface area contributed by atoms with E-state index in [1.165, 1.54) is 12.1 Å². The van der Waals surface area contributed by atoms with Gasteiger partial charge in [-0.05, 0) is 66.4 Å². The van der Waals surface area contributed by atoms with Crippen LogP contribution in [0.15, 0.2) is 71.8 Å². The molecule has 0 saturated carbocycles. The maximum Gasteiger partial charge on any atom is 0.416 e. The molecule has 0 radical (unpaired) electrons. The first-order chi connectivity index (χ1) is 16.7. The number of aryl methyl sites for hydroxylation is 2. The first-order valence-corrected chi connectivity index (χ1v) is 12.0. The second-order valence-corrected chi connectivity index (χ2v) is 9.05. The highest BCUT2D eigenvalue weighted by Gasteiger charge is 2.30. The van der Waals surface area contributed by atoms with Gasteiger partial charge in [-0.2, -0.15) is 18.3 Å². The van der Waals surface area contributed by atoms with Crippen LogP contribution in [0, 0.1) is 0 Å². The number of alkyl halides is 3. The predicted octanol–water partition coefficient (Wildman–Crippen LogP) is 6.40. The van der Waals surface area contributed by atoms with Gasteiger partial charge in [0.1, 0.15) is 5.75 Å². The third-order valence-corrected chi connectivity index (χ3v) is 6.48. The predicted molar refractivity (Wildman–Crippen MR) is 129 cm³/mol. The minimum Gasteiger partial charge on any atom is -0.482 e. The number of halogens is 3. The number of rotatable bonds is 9. The highest BCUT2D eigenvalue weighted by molar-refractivity contribution is 7.99. The molecule has 4 rings (SSSR count). The number of ether oxygens (including phenoxy) is 1. The standard InChI is InChI=1S/C26H23F3N2O3S/c1-2-17-14-22(10-11-23(17)34-16-24(32)33)35-13-12-18-4-3-5-19-15-31(30-25(18)19)21-8-6-20(7-9-21)26(27,28)29/h3-11,14-15H,2,12-13,16H2,1H3,(H,32,33). The maximum atomic E-state index is 12.9. The van der Waals surface area contributed by atoms with Gasteiger partial charge in [-0.1, -0.05) is 25.1 Å². The van der Waals surface area contributed by atoms with E-state index >= 15 is 0 Å². The number of aromatic nitrogens is 2. The fourth-order valence-corrected chi connectivity index (χ4v) is 4.67. The van der Waals surface area contributed by atoms with Crippen molar-refractivity contribution in [2.45, 2.75) is 30.8 Å². The second-order valence-electron chi connectivity index (χ2n) is 7.88. The molecule has 0 amide bonds. The molecule has 1 heterocycles. The Kier molecular flexibility index (Phi) is 7.35. The van der Waals surface area contributed by atoms with Gasteiger partial charge in [0.25, 0.3) is 0 Å². The second kappa shape index (κ2) is 10.4. The smallest absolute Gasteiger partial charge is 0.416 e. The molecule has 1 aromatic heterocycles. The summed E-state index contributed by atoms with van der Waals surface area (Å²) in [5.41, 5.74) is 2.70. The number of carboxylic acids is 1. The molecule has 9 heteroatoms. The van der Waals surface area contributed by atoms with Crippen molar-refractivity contribution in [3.05, 3.63) is 83.6 Å². The lowest BCUT2D eigenvalue weighted by molar-refractivity contribution is -0.139. The number of carbonyl (C=O) groups is 1. The van der Waals surface area contributed by atoms with Crippen LogP contribution >= 0.6 is 11.8 Å². The van der Waals surface area contributed by atoms with Gasteiger partial charge in [0, 0.05) is 22.2 Å². The molecule has 0 aliphatic heterocycles. The van der Waals surface area contributed by atoms with Crippen molar-refractivity contribution in [2.24, 2.45) is 0 Å². The molecule has 182 valence electrons. The molecule has 0 saturated heterocycles. The Balaban J connectivity index is 1.46. The summed E-state index contributed by atoms with van der Waals surface area (Å²) in [7, 11) is 0. The Labute approximate surface area is 204 Å². The van der Waals surface area contributed by atoms with Crippen LogP contribution in [0.5, 0.6) is 5.75 Å². The zero-order valence-corrected chi connectivity index (χ0v) is 19.7. The monoisotopic (exact) mass is 500 g/mol. The third kappa shape index (κ3) is 5.97. The van der Waals surface area contributed by atoms with Gasteiger partial charge in [0.05, 0.1) is 16.8 Å². The molecule has 0 unspecified atom stereocenters. The van der Waals surface area contributed by atoms with Crippen LogP contribution in [0.1, 0.15) is 23.6 Å². The average Bonchev–Trinajstić information content (AvgIpc) is 3.28. The molecular weight excluding hydrogens is 477 g/mol. The normalized spacial score (nSPS) is 11.7. The Morgan fingerprint density at radius 1 is 1.09 bits per heavy atom. The number of hydrogen-bond donors (Lipinski definition) is 1. The topological polar surface area (TPSA) is 64.4 Å². The van der Waals surface area contributed by atoms with E-state index in [9.17, 15) is 18.0 Å². The van der Waals surface area contributed by atoms with Gasteiger partial charge in [0.15, 0.2) is 6.61 Å². The molecule has 0 bridgehead atoms. The van der Waals surface area contributed by atoms with Crippen LogP contribution in [-0.4, -0.2) is 33.2 Å². The van der Waals surface area contributed by atoms with Crippen LogP contribution in [0.25, 0.3) is 16.6 Å².